The number of halogens is 3. The number of alkyl halides is 3. The molecule has 0 aromatic heterocycles. The minimum absolute atomic E-state index is 0.134. The van der Waals surface area contributed by atoms with Gasteiger partial charge in [0.25, 0.3) is 0 Å². The molecule has 14 heavy (non-hydrogen) atoms. The van der Waals surface area contributed by atoms with Crippen molar-refractivity contribution in [3.8, 4) is 0 Å². The first kappa shape index (κ1) is 11.0. The van der Waals surface area contributed by atoms with Crippen LogP contribution in [0, 0.1) is 6.92 Å². The lowest BCUT2D eigenvalue weighted by Gasteiger charge is -2.26. The molecule has 1 aromatic carbocycles. The van der Waals surface area contributed by atoms with Crippen molar-refractivity contribution in [1.29, 1.82) is 0 Å². The molecule has 0 aliphatic heterocycles. The van der Waals surface area contributed by atoms with E-state index in [1.807, 2.05) is 0 Å². The lowest BCUT2D eigenvalue weighted by Crippen LogP contribution is -2.39. The highest BCUT2D eigenvalue weighted by Crippen LogP contribution is 2.38. The summed E-state index contributed by atoms with van der Waals surface area (Å²) in [5, 5.41) is 9.32. The normalized spacial score (nSPS) is 16.4. The lowest BCUT2D eigenvalue weighted by molar-refractivity contribution is -0.258. The standard InChI is InChI=1S/C10H11F3O/c1-7-4-3-5-8(6-7)9(2,14)10(11,12)13/h3-6,14H,1-2H3. The van der Waals surface area contributed by atoms with Crippen LogP contribution < -0.4 is 0 Å². The van der Waals surface area contributed by atoms with E-state index in [0.29, 0.717) is 5.56 Å². The van der Waals surface area contributed by atoms with Gasteiger partial charge in [-0.1, -0.05) is 29.8 Å². The van der Waals surface area contributed by atoms with E-state index in [1.165, 1.54) is 18.2 Å². The van der Waals surface area contributed by atoms with Crippen LogP contribution in [-0.2, 0) is 5.60 Å². The second kappa shape index (κ2) is 3.28. The molecular weight excluding hydrogens is 193 g/mol. The van der Waals surface area contributed by atoms with Gasteiger partial charge in [-0.05, 0) is 19.4 Å². The van der Waals surface area contributed by atoms with Gasteiger partial charge in [0.05, 0.1) is 0 Å². The Morgan fingerprint density at radius 2 is 1.79 bits per heavy atom. The Morgan fingerprint density at radius 3 is 2.21 bits per heavy atom. The molecule has 4 heteroatoms. The molecule has 0 heterocycles. The molecule has 1 nitrogen and oxygen atoms in total. The van der Waals surface area contributed by atoms with Gasteiger partial charge in [-0.15, -0.1) is 0 Å². The molecule has 0 aliphatic rings. The highest BCUT2D eigenvalue weighted by molar-refractivity contribution is 5.28. The molecule has 0 saturated heterocycles. The van der Waals surface area contributed by atoms with Gasteiger partial charge in [-0.2, -0.15) is 13.2 Å². The lowest BCUT2D eigenvalue weighted by atomic mass is 9.94. The van der Waals surface area contributed by atoms with Crippen molar-refractivity contribution in [3.05, 3.63) is 35.4 Å². The van der Waals surface area contributed by atoms with Crippen LogP contribution in [0.15, 0.2) is 24.3 Å². The number of benzene rings is 1. The van der Waals surface area contributed by atoms with Gasteiger partial charge in [-0.3, -0.25) is 0 Å². The summed E-state index contributed by atoms with van der Waals surface area (Å²) in [6.07, 6.45) is -4.65. The zero-order valence-corrected chi connectivity index (χ0v) is 7.89. The third-order valence-electron chi connectivity index (χ3n) is 2.13. The monoisotopic (exact) mass is 204 g/mol. The van der Waals surface area contributed by atoms with E-state index in [4.69, 9.17) is 0 Å². The Balaban J connectivity index is 3.16. The summed E-state index contributed by atoms with van der Waals surface area (Å²) in [4.78, 5) is 0. The van der Waals surface area contributed by atoms with E-state index in [9.17, 15) is 18.3 Å². The SMILES string of the molecule is Cc1cccc(C(C)(O)C(F)(F)F)c1. The van der Waals surface area contributed by atoms with Crippen molar-refractivity contribution in [2.24, 2.45) is 0 Å². The van der Waals surface area contributed by atoms with E-state index in [2.05, 4.69) is 0 Å². The van der Waals surface area contributed by atoms with Gasteiger partial charge in [0, 0.05) is 0 Å². The molecule has 0 radical (unpaired) electrons. The molecule has 0 amide bonds. The van der Waals surface area contributed by atoms with Crippen molar-refractivity contribution in [2.45, 2.75) is 25.6 Å². The molecule has 1 rings (SSSR count). The molecule has 0 spiro atoms. The van der Waals surface area contributed by atoms with E-state index < -0.39 is 11.8 Å². The minimum Gasteiger partial charge on any atom is -0.376 e. The summed E-state index contributed by atoms with van der Waals surface area (Å²) >= 11 is 0. The highest BCUT2D eigenvalue weighted by atomic mass is 19.4. The van der Waals surface area contributed by atoms with Crippen molar-refractivity contribution in [2.75, 3.05) is 0 Å². The first-order valence-electron chi connectivity index (χ1n) is 4.11. The Hall–Kier alpha value is -1.03. The third-order valence-corrected chi connectivity index (χ3v) is 2.13. The van der Waals surface area contributed by atoms with Crippen LogP contribution in [0.3, 0.4) is 0 Å². The van der Waals surface area contributed by atoms with E-state index in [0.717, 1.165) is 6.92 Å². The summed E-state index contributed by atoms with van der Waals surface area (Å²) in [6.45, 7) is 2.43. The second-order valence-corrected chi connectivity index (χ2v) is 3.44. The van der Waals surface area contributed by atoms with Crippen LogP contribution in [0.5, 0.6) is 0 Å². The van der Waals surface area contributed by atoms with Crippen LogP contribution in [0.4, 0.5) is 13.2 Å². The number of rotatable bonds is 1. The average molecular weight is 204 g/mol. The fourth-order valence-corrected chi connectivity index (χ4v) is 1.11. The summed E-state index contributed by atoms with van der Waals surface area (Å²) < 4.78 is 37.2. The van der Waals surface area contributed by atoms with Gasteiger partial charge in [0.2, 0.25) is 0 Å². The Labute approximate surface area is 80.2 Å². The molecule has 1 unspecified atom stereocenters. The summed E-state index contributed by atoms with van der Waals surface area (Å²) in [7, 11) is 0. The smallest absolute Gasteiger partial charge is 0.376 e. The first-order valence-corrected chi connectivity index (χ1v) is 4.11. The predicted molar refractivity (Wildman–Crippen MR) is 46.8 cm³/mol. The van der Waals surface area contributed by atoms with Gasteiger partial charge in [0.1, 0.15) is 0 Å². The van der Waals surface area contributed by atoms with Gasteiger partial charge < -0.3 is 5.11 Å². The van der Waals surface area contributed by atoms with Gasteiger partial charge in [0.15, 0.2) is 5.60 Å². The molecule has 0 aliphatic carbocycles. The topological polar surface area (TPSA) is 20.2 Å². The predicted octanol–water partition coefficient (Wildman–Crippen LogP) is 2.76. The molecular formula is C10H11F3O. The minimum atomic E-state index is -4.65. The van der Waals surface area contributed by atoms with Crippen molar-refractivity contribution < 1.29 is 18.3 Å². The Kier molecular flexibility index (Phi) is 2.58. The first-order chi connectivity index (χ1) is 6.25. The van der Waals surface area contributed by atoms with Crippen molar-refractivity contribution in [1.82, 2.24) is 0 Å². The number of hydrogen-bond donors (Lipinski definition) is 1. The maximum Gasteiger partial charge on any atom is 0.421 e. The fraction of sp³-hybridized carbons (Fsp3) is 0.400. The van der Waals surface area contributed by atoms with E-state index >= 15 is 0 Å². The maximum atomic E-state index is 12.4. The van der Waals surface area contributed by atoms with Crippen LogP contribution in [0.2, 0.25) is 0 Å². The highest BCUT2D eigenvalue weighted by Gasteiger charge is 2.51. The van der Waals surface area contributed by atoms with Gasteiger partial charge in [-0.25, -0.2) is 0 Å². The quantitative estimate of drug-likeness (QED) is 0.745. The fourth-order valence-electron chi connectivity index (χ4n) is 1.11. The van der Waals surface area contributed by atoms with Crippen LogP contribution >= 0.6 is 0 Å². The maximum absolute atomic E-state index is 12.4. The molecule has 0 bridgehead atoms. The number of hydrogen-bond acceptors (Lipinski definition) is 1. The Morgan fingerprint density at radius 1 is 1.21 bits per heavy atom. The average Bonchev–Trinajstić information content (AvgIpc) is 2.02. The van der Waals surface area contributed by atoms with Crippen molar-refractivity contribution in [3.63, 3.8) is 0 Å². The molecule has 1 N–H and O–H groups in total. The van der Waals surface area contributed by atoms with E-state index in [-0.39, 0.29) is 5.56 Å². The van der Waals surface area contributed by atoms with E-state index in [1.54, 1.807) is 13.0 Å². The zero-order valence-electron chi connectivity index (χ0n) is 7.89. The summed E-state index contributed by atoms with van der Waals surface area (Å²) in [6, 6.07) is 5.76. The number of aliphatic hydroxyl groups is 1. The van der Waals surface area contributed by atoms with Crippen molar-refractivity contribution >= 4 is 0 Å². The van der Waals surface area contributed by atoms with Crippen LogP contribution in [-0.4, -0.2) is 11.3 Å². The summed E-state index contributed by atoms with van der Waals surface area (Å²) in [5.41, 5.74) is -2.23. The van der Waals surface area contributed by atoms with Gasteiger partial charge >= 0.3 is 6.18 Å². The largest absolute Gasteiger partial charge is 0.421 e. The Bertz CT molecular complexity index is 328. The van der Waals surface area contributed by atoms with Crippen LogP contribution in [0.1, 0.15) is 18.1 Å². The zero-order chi connectivity index (χ0) is 11.0. The van der Waals surface area contributed by atoms with Crippen LogP contribution in [0.25, 0.3) is 0 Å². The molecule has 0 saturated carbocycles. The second-order valence-electron chi connectivity index (χ2n) is 3.44. The number of aryl methyl sites for hydroxylation is 1. The summed E-state index contributed by atoms with van der Waals surface area (Å²) in [5.74, 6) is 0. The molecule has 78 valence electrons. The molecule has 1 atom stereocenters. The molecule has 1 aromatic rings. The third kappa shape index (κ3) is 1.90. The molecule has 0 fully saturated rings.